The summed E-state index contributed by atoms with van der Waals surface area (Å²) in [6.07, 6.45) is 0.813. The van der Waals surface area contributed by atoms with E-state index in [9.17, 15) is 4.79 Å². The molecule has 0 spiro atoms. The number of hydrogen-bond donors (Lipinski definition) is 0. The maximum atomic E-state index is 14.2. The number of carbonyl (C=O) groups is 1. The van der Waals surface area contributed by atoms with Crippen molar-refractivity contribution in [1.29, 1.82) is 0 Å². The van der Waals surface area contributed by atoms with Gasteiger partial charge in [0.15, 0.2) is 5.78 Å². The Morgan fingerprint density at radius 3 is 2.00 bits per heavy atom. The summed E-state index contributed by atoms with van der Waals surface area (Å²) in [4.78, 5) is 14.2. The summed E-state index contributed by atoms with van der Waals surface area (Å²) in [5, 5.41) is 0. The molecule has 35 heavy (non-hydrogen) atoms. The van der Waals surface area contributed by atoms with Crippen LogP contribution in [0.2, 0.25) is 0 Å². The van der Waals surface area contributed by atoms with E-state index in [2.05, 4.69) is 54.6 Å². The van der Waals surface area contributed by atoms with Crippen molar-refractivity contribution >= 4 is 5.78 Å². The third-order valence-corrected chi connectivity index (χ3v) is 6.84. The number of ketones is 1. The van der Waals surface area contributed by atoms with E-state index in [4.69, 9.17) is 4.74 Å². The highest BCUT2D eigenvalue weighted by molar-refractivity contribution is 6.18. The maximum Gasteiger partial charge on any atom is 0.194 e. The van der Waals surface area contributed by atoms with Crippen molar-refractivity contribution in [3.05, 3.63) is 138 Å². The van der Waals surface area contributed by atoms with Crippen LogP contribution in [-0.2, 0) is 6.42 Å². The largest absolute Gasteiger partial charge is 0.497 e. The van der Waals surface area contributed by atoms with Crippen LogP contribution in [0.1, 0.15) is 27.0 Å². The van der Waals surface area contributed by atoms with Crippen LogP contribution in [0.4, 0.5) is 0 Å². The van der Waals surface area contributed by atoms with Crippen LogP contribution < -0.4 is 4.74 Å². The third kappa shape index (κ3) is 3.64. The van der Waals surface area contributed by atoms with Crippen molar-refractivity contribution in [2.75, 3.05) is 7.11 Å². The van der Waals surface area contributed by atoms with E-state index in [0.29, 0.717) is 5.56 Å². The van der Waals surface area contributed by atoms with Gasteiger partial charge in [-0.25, -0.2) is 0 Å². The zero-order valence-corrected chi connectivity index (χ0v) is 19.5. The fraction of sp³-hybridized carbons (Fsp3) is 0.0606. The van der Waals surface area contributed by atoms with Gasteiger partial charge in [0.05, 0.1) is 7.11 Å². The Bertz CT molecular complexity index is 1530. The summed E-state index contributed by atoms with van der Waals surface area (Å²) < 4.78 is 5.40. The number of carbonyl (C=O) groups excluding carboxylic acids is 1. The molecular weight excluding hydrogens is 428 g/mol. The predicted octanol–water partition coefficient (Wildman–Crippen LogP) is 7.83. The Morgan fingerprint density at radius 2 is 1.29 bits per heavy atom. The van der Waals surface area contributed by atoms with Crippen molar-refractivity contribution in [1.82, 2.24) is 0 Å². The number of hydrogen-bond acceptors (Lipinski definition) is 2. The average molecular weight is 453 g/mol. The number of benzene rings is 5. The molecule has 2 heteroatoms. The van der Waals surface area contributed by atoms with Crippen LogP contribution >= 0.6 is 0 Å². The van der Waals surface area contributed by atoms with Gasteiger partial charge in [-0.2, -0.15) is 0 Å². The molecule has 6 rings (SSSR count). The molecule has 0 aromatic heterocycles. The first-order chi connectivity index (χ1) is 17.2. The van der Waals surface area contributed by atoms with Gasteiger partial charge in [-0.15, -0.1) is 0 Å². The lowest BCUT2D eigenvalue weighted by Gasteiger charge is -2.19. The quantitative estimate of drug-likeness (QED) is 0.249. The summed E-state index contributed by atoms with van der Waals surface area (Å²) in [7, 11) is 1.67. The molecule has 0 atom stereocenters. The van der Waals surface area contributed by atoms with E-state index in [1.165, 1.54) is 16.7 Å². The molecule has 0 amide bonds. The zero-order chi connectivity index (χ0) is 23.8. The minimum absolute atomic E-state index is 0.0454. The topological polar surface area (TPSA) is 26.3 Å². The Balaban J connectivity index is 1.71. The number of rotatable bonds is 5. The SMILES string of the molecule is COc1ccc(-c2cc(-c3ccccc3)c3c(c2C(=O)c2ccccc2)-c2ccccc2C3)cc1. The highest BCUT2D eigenvalue weighted by Crippen LogP contribution is 2.48. The van der Waals surface area contributed by atoms with Gasteiger partial charge < -0.3 is 4.74 Å². The Morgan fingerprint density at radius 1 is 0.657 bits per heavy atom. The van der Waals surface area contributed by atoms with E-state index in [1.54, 1.807) is 7.11 Å². The molecular formula is C33H24O2. The normalized spacial score (nSPS) is 11.6. The second-order valence-electron chi connectivity index (χ2n) is 8.82. The van der Waals surface area contributed by atoms with Crippen molar-refractivity contribution in [3.8, 4) is 39.1 Å². The molecule has 5 aromatic carbocycles. The molecule has 0 aliphatic heterocycles. The standard InChI is InChI=1S/C33H24O2/c1-35-26-18-16-23(17-19-26)29-21-28(22-10-4-2-5-11-22)30-20-25-14-8-9-15-27(25)31(30)32(29)33(34)24-12-6-3-7-13-24/h2-19,21H,20H2,1H3. The molecule has 0 bridgehead atoms. The summed E-state index contributed by atoms with van der Waals surface area (Å²) >= 11 is 0. The Hall–Kier alpha value is -4.43. The first kappa shape index (κ1) is 21.1. The Kier molecular flexibility index (Phi) is 5.27. The highest BCUT2D eigenvalue weighted by Gasteiger charge is 2.30. The summed E-state index contributed by atoms with van der Waals surface area (Å²) in [6.45, 7) is 0. The van der Waals surface area contributed by atoms with Crippen LogP contribution in [0.5, 0.6) is 5.75 Å². The summed E-state index contributed by atoms with van der Waals surface area (Å²) in [5.41, 5.74) is 10.4. The average Bonchev–Trinajstić information content (AvgIpc) is 3.32. The van der Waals surface area contributed by atoms with Crippen molar-refractivity contribution in [3.63, 3.8) is 0 Å². The van der Waals surface area contributed by atoms with Crippen LogP contribution in [0.3, 0.4) is 0 Å². The fourth-order valence-electron chi connectivity index (χ4n) is 5.16. The maximum absolute atomic E-state index is 14.2. The highest BCUT2D eigenvalue weighted by atomic mass is 16.5. The third-order valence-electron chi connectivity index (χ3n) is 6.84. The minimum atomic E-state index is 0.0454. The van der Waals surface area contributed by atoms with E-state index < -0.39 is 0 Å². The first-order valence-corrected chi connectivity index (χ1v) is 11.8. The molecule has 0 radical (unpaired) electrons. The van der Waals surface area contributed by atoms with Crippen molar-refractivity contribution in [2.45, 2.75) is 6.42 Å². The molecule has 5 aromatic rings. The summed E-state index contributed by atoms with van der Waals surface area (Å²) in [6, 6.07) is 38.7. The second-order valence-corrected chi connectivity index (χ2v) is 8.82. The van der Waals surface area contributed by atoms with Gasteiger partial charge in [0.1, 0.15) is 5.75 Å². The van der Waals surface area contributed by atoms with Gasteiger partial charge in [0, 0.05) is 11.1 Å². The molecule has 0 saturated carbocycles. The summed E-state index contributed by atoms with van der Waals surface area (Å²) in [5.74, 6) is 0.837. The van der Waals surface area contributed by atoms with Gasteiger partial charge in [0.25, 0.3) is 0 Å². The number of ether oxygens (including phenoxy) is 1. The molecule has 0 heterocycles. The first-order valence-electron chi connectivity index (χ1n) is 11.8. The van der Waals surface area contributed by atoms with Gasteiger partial charge in [-0.3, -0.25) is 4.79 Å². The van der Waals surface area contributed by atoms with E-state index in [-0.39, 0.29) is 5.78 Å². The van der Waals surface area contributed by atoms with Gasteiger partial charge in [-0.1, -0.05) is 97.1 Å². The lowest BCUT2D eigenvalue weighted by Crippen LogP contribution is -2.08. The molecule has 168 valence electrons. The van der Waals surface area contributed by atoms with E-state index in [0.717, 1.165) is 45.6 Å². The zero-order valence-electron chi connectivity index (χ0n) is 19.5. The van der Waals surface area contributed by atoms with Crippen molar-refractivity contribution in [2.24, 2.45) is 0 Å². The lowest BCUT2D eigenvalue weighted by molar-refractivity contribution is 0.104. The van der Waals surface area contributed by atoms with Crippen LogP contribution in [0.25, 0.3) is 33.4 Å². The van der Waals surface area contributed by atoms with Crippen molar-refractivity contribution < 1.29 is 9.53 Å². The molecule has 0 N–H and O–H groups in total. The van der Waals surface area contributed by atoms with E-state index in [1.807, 2.05) is 60.7 Å². The van der Waals surface area contributed by atoms with Gasteiger partial charge in [0.2, 0.25) is 0 Å². The van der Waals surface area contributed by atoms with Crippen LogP contribution in [0.15, 0.2) is 115 Å². The molecule has 1 aliphatic carbocycles. The lowest BCUT2D eigenvalue weighted by atomic mass is 9.83. The molecule has 0 fully saturated rings. The van der Waals surface area contributed by atoms with Gasteiger partial charge in [-0.05, 0) is 69.1 Å². The van der Waals surface area contributed by atoms with E-state index >= 15 is 0 Å². The van der Waals surface area contributed by atoms with Crippen LogP contribution in [0, 0.1) is 0 Å². The number of methoxy groups -OCH3 is 1. The smallest absolute Gasteiger partial charge is 0.194 e. The molecule has 2 nitrogen and oxygen atoms in total. The Labute approximate surface area is 205 Å². The molecule has 0 unspecified atom stereocenters. The molecule has 0 saturated heterocycles. The number of fused-ring (bicyclic) bond motifs is 3. The fourth-order valence-corrected chi connectivity index (χ4v) is 5.16. The van der Waals surface area contributed by atoms with Crippen LogP contribution in [-0.4, -0.2) is 12.9 Å². The minimum Gasteiger partial charge on any atom is -0.497 e. The molecule has 1 aliphatic rings. The predicted molar refractivity (Wildman–Crippen MR) is 142 cm³/mol. The van der Waals surface area contributed by atoms with Gasteiger partial charge >= 0.3 is 0 Å². The monoisotopic (exact) mass is 452 g/mol. The second kappa shape index (κ2) is 8.73.